The largest absolute Gasteiger partial charge is 0.573 e. The van der Waals surface area contributed by atoms with Crippen molar-refractivity contribution in [3.05, 3.63) is 45.3 Å². The minimum Gasteiger partial charge on any atom is -0.402 e. The predicted molar refractivity (Wildman–Crippen MR) is 118 cm³/mol. The average molecular weight is 626 g/mol. The Kier molecular flexibility index (Phi) is 7.50. The standard InChI is InChI=1S/C19H17F6IN2O5S/c20-11-5-9(26)1-2-13(11)27-17-15(22)14(33-19(23,24)25)6-12(21)16(17)28-34(31,32)18(3-4-18)7-10(30)8-29/h1-2,5-6,10,27-30H,3-4,7-8H2. The van der Waals surface area contributed by atoms with Crippen molar-refractivity contribution in [1.29, 1.82) is 0 Å². The van der Waals surface area contributed by atoms with Gasteiger partial charge in [0.05, 0.1) is 23.1 Å². The maximum absolute atomic E-state index is 15.0. The van der Waals surface area contributed by atoms with Gasteiger partial charge in [0.2, 0.25) is 10.0 Å². The molecule has 1 aliphatic carbocycles. The van der Waals surface area contributed by atoms with Gasteiger partial charge in [-0.15, -0.1) is 13.2 Å². The molecule has 1 unspecified atom stereocenters. The summed E-state index contributed by atoms with van der Waals surface area (Å²) in [5, 5.41) is 20.8. The van der Waals surface area contributed by atoms with Crippen LogP contribution in [0.2, 0.25) is 0 Å². The number of hydrogen-bond donors (Lipinski definition) is 4. The number of sulfonamides is 1. The second-order valence-electron chi connectivity index (χ2n) is 7.55. The molecule has 0 radical (unpaired) electrons. The van der Waals surface area contributed by atoms with Gasteiger partial charge in [0.15, 0.2) is 17.4 Å². The lowest BCUT2D eigenvalue weighted by Crippen LogP contribution is -2.34. The Morgan fingerprint density at radius 1 is 1.12 bits per heavy atom. The van der Waals surface area contributed by atoms with Crippen LogP contribution in [0, 0.1) is 21.0 Å². The summed E-state index contributed by atoms with van der Waals surface area (Å²) in [6, 6.07) is 3.43. The van der Waals surface area contributed by atoms with E-state index in [1.54, 1.807) is 22.6 Å². The van der Waals surface area contributed by atoms with E-state index in [2.05, 4.69) is 10.1 Å². The van der Waals surface area contributed by atoms with Crippen LogP contribution in [0.1, 0.15) is 19.3 Å². The Morgan fingerprint density at radius 2 is 1.76 bits per heavy atom. The number of ether oxygens (including phenoxy) is 1. The fourth-order valence-electron chi connectivity index (χ4n) is 3.20. The summed E-state index contributed by atoms with van der Waals surface area (Å²) < 4.78 is 112. The molecule has 1 saturated carbocycles. The molecule has 7 nitrogen and oxygen atoms in total. The molecular formula is C19H17F6IN2O5S. The van der Waals surface area contributed by atoms with Gasteiger partial charge in [0.25, 0.3) is 0 Å². The van der Waals surface area contributed by atoms with Gasteiger partial charge in [-0.05, 0) is 60.1 Å². The third-order valence-corrected chi connectivity index (χ3v) is 7.89. The maximum Gasteiger partial charge on any atom is 0.573 e. The molecule has 1 fully saturated rings. The highest BCUT2D eigenvalue weighted by Gasteiger charge is 2.55. The SMILES string of the molecule is O=S(=O)(Nc1c(F)cc(OC(F)(F)F)c(F)c1Nc1ccc(I)cc1F)C1(CC(O)CO)CC1. The number of halogens is 7. The first kappa shape index (κ1) is 26.6. The van der Waals surface area contributed by atoms with Crippen LogP contribution in [0.4, 0.5) is 43.4 Å². The van der Waals surface area contributed by atoms with Gasteiger partial charge in [0, 0.05) is 9.64 Å². The molecule has 2 aromatic carbocycles. The van der Waals surface area contributed by atoms with Crippen molar-refractivity contribution in [2.24, 2.45) is 0 Å². The molecule has 0 heterocycles. The molecule has 2 aromatic rings. The monoisotopic (exact) mass is 626 g/mol. The van der Waals surface area contributed by atoms with Gasteiger partial charge in [-0.1, -0.05) is 0 Å². The van der Waals surface area contributed by atoms with Gasteiger partial charge in [-0.2, -0.15) is 0 Å². The van der Waals surface area contributed by atoms with Crippen molar-refractivity contribution in [3.63, 3.8) is 0 Å². The lowest BCUT2D eigenvalue weighted by atomic mass is 10.2. The Labute approximate surface area is 203 Å². The lowest BCUT2D eigenvalue weighted by molar-refractivity contribution is -0.275. The van der Waals surface area contributed by atoms with Gasteiger partial charge in [-0.3, -0.25) is 4.72 Å². The van der Waals surface area contributed by atoms with E-state index in [-0.39, 0.29) is 18.9 Å². The Balaban J connectivity index is 2.09. The van der Waals surface area contributed by atoms with Crippen molar-refractivity contribution in [2.45, 2.75) is 36.5 Å². The number of benzene rings is 2. The zero-order valence-electron chi connectivity index (χ0n) is 16.9. The van der Waals surface area contributed by atoms with E-state index in [1.807, 2.05) is 4.72 Å². The molecule has 3 rings (SSSR count). The average Bonchev–Trinajstić information content (AvgIpc) is 3.50. The molecule has 15 heteroatoms. The van der Waals surface area contributed by atoms with E-state index in [9.17, 15) is 35.5 Å². The van der Waals surface area contributed by atoms with Crippen LogP contribution < -0.4 is 14.8 Å². The van der Waals surface area contributed by atoms with Crippen LogP contribution in [-0.2, 0) is 10.0 Å². The zero-order valence-corrected chi connectivity index (χ0v) is 19.9. The van der Waals surface area contributed by atoms with E-state index in [4.69, 9.17) is 5.11 Å². The summed E-state index contributed by atoms with van der Waals surface area (Å²) in [5.74, 6) is -6.07. The lowest BCUT2D eigenvalue weighted by Gasteiger charge is -2.23. The first-order chi connectivity index (χ1) is 15.7. The number of rotatable bonds is 9. The van der Waals surface area contributed by atoms with Crippen molar-refractivity contribution < 1.29 is 49.7 Å². The number of alkyl halides is 3. The Hall–Kier alpha value is -1.98. The molecule has 4 N–H and O–H groups in total. The first-order valence-electron chi connectivity index (χ1n) is 9.49. The molecule has 0 aliphatic heterocycles. The molecule has 0 aromatic heterocycles. The van der Waals surface area contributed by atoms with Crippen molar-refractivity contribution >= 4 is 49.7 Å². The first-order valence-corrected chi connectivity index (χ1v) is 12.1. The molecular weight excluding hydrogens is 609 g/mol. The van der Waals surface area contributed by atoms with Crippen molar-refractivity contribution in [2.75, 3.05) is 16.6 Å². The Bertz CT molecular complexity index is 1190. The van der Waals surface area contributed by atoms with Crippen LogP contribution in [0.3, 0.4) is 0 Å². The van der Waals surface area contributed by atoms with E-state index in [1.165, 1.54) is 6.07 Å². The molecule has 0 spiro atoms. The number of hydrogen-bond acceptors (Lipinski definition) is 6. The number of aliphatic hydroxyl groups is 2. The number of aliphatic hydroxyl groups excluding tert-OH is 2. The topological polar surface area (TPSA) is 108 Å². The highest BCUT2D eigenvalue weighted by atomic mass is 127. The molecule has 1 atom stereocenters. The Morgan fingerprint density at radius 3 is 2.29 bits per heavy atom. The summed E-state index contributed by atoms with van der Waals surface area (Å²) in [5.41, 5.74) is -2.75. The highest BCUT2D eigenvalue weighted by Crippen LogP contribution is 2.49. The summed E-state index contributed by atoms with van der Waals surface area (Å²) in [6.07, 6.45) is -7.20. The molecule has 34 heavy (non-hydrogen) atoms. The number of anilines is 3. The quantitative estimate of drug-likeness (QED) is 0.244. The fourth-order valence-corrected chi connectivity index (χ4v) is 5.39. The second kappa shape index (κ2) is 9.58. The highest BCUT2D eigenvalue weighted by molar-refractivity contribution is 14.1. The van der Waals surface area contributed by atoms with Crippen LogP contribution in [-0.4, -0.2) is 42.5 Å². The van der Waals surface area contributed by atoms with Crippen LogP contribution >= 0.6 is 22.6 Å². The molecule has 0 saturated heterocycles. The third kappa shape index (κ3) is 5.80. The summed E-state index contributed by atoms with van der Waals surface area (Å²) in [7, 11) is -4.55. The predicted octanol–water partition coefficient (Wildman–Crippen LogP) is 4.37. The maximum atomic E-state index is 15.0. The zero-order chi connectivity index (χ0) is 25.5. The van der Waals surface area contributed by atoms with Crippen LogP contribution in [0.15, 0.2) is 24.3 Å². The van der Waals surface area contributed by atoms with Crippen LogP contribution in [0.25, 0.3) is 0 Å². The number of nitrogens with one attached hydrogen (secondary N) is 2. The van der Waals surface area contributed by atoms with E-state index >= 15 is 4.39 Å². The molecule has 0 bridgehead atoms. The van der Waals surface area contributed by atoms with E-state index < -0.39 is 80.5 Å². The summed E-state index contributed by atoms with van der Waals surface area (Å²) in [6.45, 7) is -0.747. The van der Waals surface area contributed by atoms with Crippen LogP contribution in [0.5, 0.6) is 5.75 Å². The van der Waals surface area contributed by atoms with E-state index in [0.29, 0.717) is 3.57 Å². The summed E-state index contributed by atoms with van der Waals surface area (Å²) >= 11 is 1.76. The second-order valence-corrected chi connectivity index (χ2v) is 10.9. The minimum atomic E-state index is -5.40. The molecule has 188 valence electrons. The van der Waals surface area contributed by atoms with Crippen molar-refractivity contribution in [1.82, 2.24) is 0 Å². The minimum absolute atomic E-state index is 0.00170. The van der Waals surface area contributed by atoms with E-state index in [0.717, 1.165) is 12.1 Å². The molecule has 0 amide bonds. The van der Waals surface area contributed by atoms with Gasteiger partial charge >= 0.3 is 6.36 Å². The third-order valence-electron chi connectivity index (χ3n) is 5.03. The van der Waals surface area contributed by atoms with Gasteiger partial charge < -0.3 is 20.3 Å². The van der Waals surface area contributed by atoms with Crippen molar-refractivity contribution in [3.8, 4) is 5.75 Å². The van der Waals surface area contributed by atoms with Gasteiger partial charge in [-0.25, -0.2) is 21.6 Å². The van der Waals surface area contributed by atoms with Gasteiger partial charge in [0.1, 0.15) is 17.2 Å². The molecule has 1 aliphatic rings. The fraction of sp³-hybridized carbons (Fsp3) is 0.368. The summed E-state index contributed by atoms with van der Waals surface area (Å²) in [4.78, 5) is 0. The smallest absolute Gasteiger partial charge is 0.402 e. The normalized spacial score (nSPS) is 16.1.